The standard InChI is InChI=1S/C21H14O6S2/c1-29(24,28)27-13-7-9-17-19(11-13)25-18-10-12(22)6-8-16(18)21(17)15-5-3-2-4-14(15)20(23)26-21/h2-11,22H,1H3. The van der Waals surface area contributed by atoms with Crippen LogP contribution in [-0.2, 0) is 30.3 Å². The van der Waals surface area contributed by atoms with Crippen LogP contribution in [-0.4, -0.2) is 21.5 Å². The van der Waals surface area contributed by atoms with Gasteiger partial charge in [-0.15, -0.1) is 0 Å². The number of esters is 1. The largest absolute Gasteiger partial charge is 0.508 e. The van der Waals surface area contributed by atoms with Gasteiger partial charge in [-0.25, -0.2) is 9.00 Å². The van der Waals surface area contributed by atoms with Crippen LogP contribution in [0.2, 0.25) is 0 Å². The van der Waals surface area contributed by atoms with Crippen molar-refractivity contribution in [2.45, 2.75) is 5.60 Å². The highest BCUT2D eigenvalue weighted by Crippen LogP contribution is 2.56. The van der Waals surface area contributed by atoms with Gasteiger partial charge in [0.1, 0.15) is 23.0 Å². The molecule has 0 amide bonds. The third-order valence-corrected chi connectivity index (χ3v) is 5.62. The number of benzene rings is 3. The zero-order valence-electron chi connectivity index (χ0n) is 15.1. The van der Waals surface area contributed by atoms with E-state index in [9.17, 15) is 14.1 Å². The molecule has 0 fully saturated rings. The molecule has 2 heterocycles. The van der Waals surface area contributed by atoms with Crippen LogP contribution in [0.5, 0.6) is 23.0 Å². The first-order valence-electron chi connectivity index (χ1n) is 8.66. The number of phenolic OH excluding ortho intramolecular Hbond substituents is 1. The van der Waals surface area contributed by atoms with Crippen LogP contribution < -0.4 is 8.92 Å². The fourth-order valence-electron chi connectivity index (χ4n) is 3.87. The zero-order valence-corrected chi connectivity index (χ0v) is 16.7. The van der Waals surface area contributed by atoms with E-state index in [-0.39, 0.29) is 11.5 Å². The Balaban J connectivity index is 1.80. The number of rotatable bonds is 2. The number of carbonyl (C=O) groups excluding carboxylic acids is 1. The van der Waals surface area contributed by atoms with Gasteiger partial charge in [-0.2, -0.15) is 0 Å². The SMILES string of the molecule is CS(=O)(=S)Oc1ccc2c(c1)Oc1cc(O)ccc1C21OC(=O)c2ccccc21. The van der Waals surface area contributed by atoms with E-state index in [1.165, 1.54) is 18.4 Å². The number of fused-ring (bicyclic) bond motifs is 6. The minimum atomic E-state index is -2.90. The molecule has 8 heteroatoms. The fraction of sp³-hybridized carbons (Fsp3) is 0.0952. The first kappa shape index (κ1) is 18.0. The topological polar surface area (TPSA) is 82.1 Å². The van der Waals surface area contributed by atoms with E-state index in [1.54, 1.807) is 36.4 Å². The average Bonchev–Trinajstić information content (AvgIpc) is 2.94. The Bertz CT molecular complexity index is 1300. The molecular weight excluding hydrogens is 412 g/mol. The monoisotopic (exact) mass is 426 g/mol. The highest BCUT2D eigenvalue weighted by Gasteiger charge is 2.53. The van der Waals surface area contributed by atoms with Gasteiger partial charge >= 0.3 is 5.97 Å². The van der Waals surface area contributed by atoms with Crippen molar-refractivity contribution in [1.29, 1.82) is 0 Å². The fourth-order valence-corrected chi connectivity index (χ4v) is 4.56. The highest BCUT2D eigenvalue weighted by molar-refractivity contribution is 8.30. The van der Waals surface area contributed by atoms with Crippen molar-refractivity contribution in [3.63, 3.8) is 0 Å². The molecule has 6 nitrogen and oxygen atoms in total. The lowest BCUT2D eigenvalue weighted by atomic mass is 9.77. The molecule has 0 bridgehead atoms. The van der Waals surface area contributed by atoms with Gasteiger partial charge in [0.05, 0.1) is 5.56 Å². The summed E-state index contributed by atoms with van der Waals surface area (Å²) in [5.41, 5.74) is 1.09. The molecule has 5 rings (SSSR count). The molecule has 1 N–H and O–H groups in total. The van der Waals surface area contributed by atoms with Crippen LogP contribution in [0, 0.1) is 0 Å². The molecule has 2 aliphatic heterocycles. The lowest BCUT2D eigenvalue weighted by molar-refractivity contribution is 0.0224. The van der Waals surface area contributed by atoms with Gasteiger partial charge in [0, 0.05) is 46.3 Å². The molecule has 0 saturated carbocycles. The van der Waals surface area contributed by atoms with E-state index in [2.05, 4.69) is 0 Å². The number of hydrogen-bond donors (Lipinski definition) is 1. The van der Waals surface area contributed by atoms with E-state index < -0.39 is 20.3 Å². The second-order valence-electron chi connectivity index (χ2n) is 6.84. The van der Waals surface area contributed by atoms with E-state index in [1.807, 2.05) is 12.1 Å². The molecule has 1 spiro atoms. The summed E-state index contributed by atoms with van der Waals surface area (Å²) in [5.74, 6) is 0.519. The Kier molecular flexibility index (Phi) is 3.68. The van der Waals surface area contributed by atoms with Gasteiger partial charge in [-0.05, 0) is 30.3 Å². The summed E-state index contributed by atoms with van der Waals surface area (Å²) in [6.45, 7) is 0. The predicted molar refractivity (Wildman–Crippen MR) is 108 cm³/mol. The Morgan fingerprint density at radius 3 is 2.45 bits per heavy atom. The summed E-state index contributed by atoms with van der Waals surface area (Å²) in [7, 11) is -2.90. The van der Waals surface area contributed by atoms with E-state index >= 15 is 0 Å². The highest BCUT2D eigenvalue weighted by atomic mass is 32.8. The van der Waals surface area contributed by atoms with Crippen LogP contribution in [0.25, 0.3) is 0 Å². The van der Waals surface area contributed by atoms with Crippen molar-refractivity contribution < 1.29 is 27.8 Å². The Morgan fingerprint density at radius 2 is 1.69 bits per heavy atom. The molecule has 2 aliphatic rings. The summed E-state index contributed by atoms with van der Waals surface area (Å²) in [5, 5.41) is 9.96. The van der Waals surface area contributed by atoms with Crippen molar-refractivity contribution in [2.75, 3.05) is 6.26 Å². The Hall–Kier alpha value is -3.10. The first-order chi connectivity index (χ1) is 13.8. The molecule has 0 aliphatic carbocycles. The minimum absolute atomic E-state index is 0.00880. The quantitative estimate of drug-likeness (QED) is 0.627. The molecule has 2 atom stereocenters. The van der Waals surface area contributed by atoms with Gasteiger partial charge in [-0.3, -0.25) is 0 Å². The zero-order chi connectivity index (χ0) is 20.4. The van der Waals surface area contributed by atoms with Crippen LogP contribution in [0.3, 0.4) is 0 Å². The molecule has 3 aromatic rings. The number of hydrogen-bond acceptors (Lipinski definition) is 7. The number of phenols is 1. The molecule has 0 saturated heterocycles. The van der Waals surface area contributed by atoms with Crippen LogP contribution in [0.1, 0.15) is 27.0 Å². The van der Waals surface area contributed by atoms with Gasteiger partial charge in [0.15, 0.2) is 14.4 Å². The average molecular weight is 426 g/mol. The van der Waals surface area contributed by atoms with Gasteiger partial charge in [-0.1, -0.05) is 18.2 Å². The number of carbonyl (C=O) groups is 1. The summed E-state index contributed by atoms with van der Waals surface area (Å²) < 4.78 is 29.2. The second kappa shape index (κ2) is 5.95. The number of aromatic hydroxyl groups is 1. The summed E-state index contributed by atoms with van der Waals surface area (Å²) in [4.78, 5) is 12.7. The predicted octanol–water partition coefficient (Wildman–Crippen LogP) is 3.63. The molecule has 146 valence electrons. The first-order valence-corrected chi connectivity index (χ1v) is 11.5. The molecule has 0 radical (unpaired) electrons. The summed E-state index contributed by atoms with van der Waals surface area (Å²) >= 11 is 4.83. The molecule has 0 aromatic heterocycles. The third-order valence-electron chi connectivity index (χ3n) is 4.92. The second-order valence-corrected chi connectivity index (χ2v) is 10.2. The molecule has 2 unspecified atom stereocenters. The summed E-state index contributed by atoms with van der Waals surface area (Å²) in [6.07, 6.45) is 1.31. The van der Waals surface area contributed by atoms with Crippen molar-refractivity contribution in [1.82, 2.24) is 0 Å². The lowest BCUT2D eigenvalue weighted by Crippen LogP contribution is -2.33. The molecule has 3 aromatic carbocycles. The van der Waals surface area contributed by atoms with E-state index in [0.717, 1.165) is 0 Å². The molecule has 29 heavy (non-hydrogen) atoms. The van der Waals surface area contributed by atoms with E-state index in [0.29, 0.717) is 33.8 Å². The molecular formula is C21H14O6S2. The van der Waals surface area contributed by atoms with Crippen LogP contribution >= 0.6 is 0 Å². The maximum atomic E-state index is 12.7. The minimum Gasteiger partial charge on any atom is -0.508 e. The normalized spacial score (nSPS) is 20.7. The lowest BCUT2D eigenvalue weighted by Gasteiger charge is -2.36. The van der Waals surface area contributed by atoms with Gasteiger partial charge in [0.2, 0.25) is 0 Å². The smallest absolute Gasteiger partial charge is 0.340 e. The van der Waals surface area contributed by atoms with Crippen molar-refractivity contribution in [3.8, 4) is 23.0 Å². The third kappa shape index (κ3) is 2.67. The Morgan fingerprint density at radius 1 is 1.00 bits per heavy atom. The van der Waals surface area contributed by atoms with Crippen LogP contribution in [0.4, 0.5) is 0 Å². The maximum absolute atomic E-state index is 12.7. The van der Waals surface area contributed by atoms with Crippen molar-refractivity contribution >= 4 is 25.9 Å². The van der Waals surface area contributed by atoms with Gasteiger partial charge in [0.25, 0.3) is 0 Å². The summed E-state index contributed by atoms with van der Waals surface area (Å²) in [6, 6.07) is 16.7. The maximum Gasteiger partial charge on any atom is 0.340 e. The van der Waals surface area contributed by atoms with Crippen LogP contribution in [0.15, 0.2) is 60.7 Å². The Labute approximate surface area is 171 Å². The van der Waals surface area contributed by atoms with E-state index in [4.69, 9.17) is 24.8 Å². The number of ether oxygens (including phenoxy) is 2. The van der Waals surface area contributed by atoms with Crippen molar-refractivity contribution in [2.24, 2.45) is 0 Å². The van der Waals surface area contributed by atoms with Crippen molar-refractivity contribution in [3.05, 3.63) is 82.9 Å². The van der Waals surface area contributed by atoms with Gasteiger partial charge < -0.3 is 18.8 Å².